The van der Waals surface area contributed by atoms with Crippen LogP contribution in [0, 0.1) is 18.2 Å². The Kier molecular flexibility index (Phi) is 10.1. The van der Waals surface area contributed by atoms with Crippen molar-refractivity contribution in [2.24, 2.45) is 5.73 Å². The highest BCUT2D eigenvalue weighted by Gasteiger charge is 2.28. The van der Waals surface area contributed by atoms with Crippen LogP contribution in [0.5, 0.6) is 0 Å². The maximum atomic E-state index is 14.8. The predicted octanol–water partition coefficient (Wildman–Crippen LogP) is 4.70. The topological polar surface area (TPSA) is 128 Å². The quantitative estimate of drug-likeness (QED) is 0.236. The Bertz CT molecular complexity index is 1350. The molecule has 200 valence electrons. The molecule has 4 rings (SSSR count). The number of aldehydes is 1. The van der Waals surface area contributed by atoms with Gasteiger partial charge in [0.2, 0.25) is 5.91 Å². The van der Waals surface area contributed by atoms with Gasteiger partial charge in [-0.15, -0.1) is 11.3 Å². The maximum absolute atomic E-state index is 14.8. The summed E-state index contributed by atoms with van der Waals surface area (Å²) in [5.74, 6) is -1.40. The third kappa shape index (κ3) is 7.03. The molecule has 1 aliphatic heterocycles. The molecule has 3 aromatic rings. The number of nitrogens with two attached hydrogens (primary N) is 1. The van der Waals surface area contributed by atoms with Gasteiger partial charge in [-0.25, -0.2) is 4.39 Å². The van der Waals surface area contributed by atoms with E-state index < -0.39 is 11.7 Å². The fourth-order valence-corrected chi connectivity index (χ4v) is 5.25. The first-order chi connectivity index (χ1) is 18.1. The number of carbonyl (C=O) groups excluding carboxylic acids is 3. The van der Waals surface area contributed by atoms with Gasteiger partial charge in [0.1, 0.15) is 12.0 Å². The molecule has 2 amide bonds. The van der Waals surface area contributed by atoms with Crippen LogP contribution in [0.1, 0.15) is 22.6 Å². The van der Waals surface area contributed by atoms with Gasteiger partial charge in [0, 0.05) is 21.0 Å². The fraction of sp³-hybridized carbons (Fsp3) is 0.259. The van der Waals surface area contributed by atoms with Gasteiger partial charge in [-0.3, -0.25) is 19.9 Å². The molecule has 2 aromatic carbocycles. The average Bonchev–Trinajstić information content (AvgIpc) is 3.49. The zero-order valence-electron chi connectivity index (χ0n) is 21.0. The molecule has 8 nitrogen and oxygen atoms in total. The monoisotopic (exact) mass is 557 g/mol. The third-order valence-electron chi connectivity index (χ3n) is 5.95. The van der Waals surface area contributed by atoms with Crippen LogP contribution in [-0.2, 0) is 14.4 Å². The van der Waals surface area contributed by atoms with E-state index in [1.807, 2.05) is 18.9 Å². The minimum atomic E-state index is -0.772. The van der Waals surface area contributed by atoms with Crippen LogP contribution in [0.3, 0.4) is 0 Å². The summed E-state index contributed by atoms with van der Waals surface area (Å²) in [5, 5.41) is 13.5. The van der Waals surface area contributed by atoms with Crippen LogP contribution in [0.25, 0.3) is 11.1 Å². The van der Waals surface area contributed by atoms with Crippen LogP contribution in [0.4, 0.5) is 15.8 Å². The number of halogens is 2. The van der Waals surface area contributed by atoms with Crippen LogP contribution < -0.4 is 16.4 Å². The van der Waals surface area contributed by atoms with E-state index in [-0.39, 0.29) is 29.9 Å². The third-order valence-corrected chi connectivity index (χ3v) is 7.35. The normalized spacial score (nSPS) is 14.8. The highest BCUT2D eigenvalue weighted by Crippen LogP contribution is 2.33. The number of hydrogen-bond donors (Lipinski definition) is 4. The Morgan fingerprint density at radius 3 is 2.55 bits per heavy atom. The highest BCUT2D eigenvalue weighted by molar-refractivity contribution is 7.15. The number of primary amides is 1. The van der Waals surface area contributed by atoms with Crippen molar-refractivity contribution in [1.82, 2.24) is 4.90 Å². The van der Waals surface area contributed by atoms with E-state index in [0.29, 0.717) is 33.0 Å². The van der Waals surface area contributed by atoms with Gasteiger partial charge in [0.15, 0.2) is 5.82 Å². The summed E-state index contributed by atoms with van der Waals surface area (Å²) in [6.45, 7) is 2.89. The van der Waals surface area contributed by atoms with Crippen molar-refractivity contribution in [3.05, 3.63) is 69.1 Å². The van der Waals surface area contributed by atoms with Crippen LogP contribution in [0.2, 0.25) is 5.02 Å². The molecule has 0 saturated carbocycles. The number of hydrogen-bond acceptors (Lipinski definition) is 7. The molecule has 0 radical (unpaired) electrons. The molecule has 1 aromatic heterocycles. The fourth-order valence-electron chi connectivity index (χ4n) is 4.07. The van der Waals surface area contributed by atoms with Gasteiger partial charge < -0.3 is 21.2 Å². The maximum Gasteiger partial charge on any atom is 0.268 e. The Labute approximate surface area is 229 Å². The van der Waals surface area contributed by atoms with E-state index in [2.05, 4.69) is 10.6 Å². The molecule has 1 atom stereocenters. The molecule has 5 N–H and O–H groups in total. The molecule has 0 aliphatic carbocycles. The summed E-state index contributed by atoms with van der Waals surface area (Å²) in [6.07, 6.45) is 2.50. The standard InChI is InChI=1S/C18H18ClFN2O.C9H11N3O2S/c1-22-11-5-10-16(22)18(23)21-15-9-4-7-13(17(15)20)12-6-2-3-8-14(12)19;1-5-4-6(12-2-3-13)8(15-5)7(10)9(11)14/h2-4,6-9,16H,5,10-11H2,1H3,(H,21,23);3-4,10,12H,2H2,1H3,(H2,11,14). The number of likely N-dealkylation sites (tertiary alicyclic amines) is 1. The first-order valence-corrected chi connectivity index (χ1v) is 13.0. The molecule has 38 heavy (non-hydrogen) atoms. The average molecular weight is 558 g/mol. The SMILES string of the molecule is CN1CCCC1C(=O)Nc1cccc(-c2ccccc2Cl)c1F.Cc1cc(NCC=O)c(C(=N)C(N)=O)s1. The molecule has 1 aliphatic rings. The molecular weight excluding hydrogens is 529 g/mol. The van der Waals surface area contributed by atoms with Crippen LogP contribution in [-0.4, -0.2) is 54.9 Å². The summed E-state index contributed by atoms with van der Waals surface area (Å²) in [4.78, 5) is 36.8. The van der Waals surface area contributed by atoms with Crippen molar-refractivity contribution in [2.45, 2.75) is 25.8 Å². The number of aryl methyl sites for hydroxylation is 1. The first kappa shape index (κ1) is 29.0. The number of rotatable bonds is 8. The lowest BCUT2D eigenvalue weighted by Gasteiger charge is -2.19. The Balaban J connectivity index is 0.000000232. The lowest BCUT2D eigenvalue weighted by molar-refractivity contribution is -0.120. The molecule has 1 fully saturated rings. The van der Waals surface area contributed by atoms with Gasteiger partial charge in [-0.2, -0.15) is 0 Å². The van der Waals surface area contributed by atoms with Crippen molar-refractivity contribution >= 4 is 58.1 Å². The highest BCUT2D eigenvalue weighted by atomic mass is 35.5. The molecule has 11 heteroatoms. The number of anilines is 2. The molecule has 1 unspecified atom stereocenters. The number of likely N-dealkylation sites (N-methyl/N-ethyl adjacent to an activating group) is 1. The minimum Gasteiger partial charge on any atom is -0.377 e. The number of amides is 2. The first-order valence-electron chi connectivity index (χ1n) is 11.8. The van der Waals surface area contributed by atoms with Gasteiger partial charge in [-0.1, -0.05) is 41.9 Å². The van der Waals surface area contributed by atoms with Crippen molar-refractivity contribution < 1.29 is 18.8 Å². The largest absolute Gasteiger partial charge is 0.377 e. The zero-order chi connectivity index (χ0) is 27.8. The van der Waals surface area contributed by atoms with Gasteiger partial charge in [0.25, 0.3) is 5.91 Å². The number of thiophene rings is 1. The minimum absolute atomic E-state index is 0.148. The predicted molar refractivity (Wildman–Crippen MR) is 151 cm³/mol. The number of benzene rings is 2. The van der Waals surface area contributed by atoms with E-state index in [1.165, 1.54) is 11.3 Å². The summed E-state index contributed by atoms with van der Waals surface area (Å²) in [6, 6.07) is 13.6. The van der Waals surface area contributed by atoms with E-state index in [9.17, 15) is 18.8 Å². The molecular formula is C27H29ClFN5O3S. The van der Waals surface area contributed by atoms with E-state index in [1.54, 1.807) is 48.5 Å². The second-order valence-corrected chi connectivity index (χ2v) is 10.3. The molecule has 1 saturated heterocycles. The lowest BCUT2D eigenvalue weighted by Crippen LogP contribution is -2.37. The van der Waals surface area contributed by atoms with E-state index in [0.717, 1.165) is 24.3 Å². The van der Waals surface area contributed by atoms with Crippen LogP contribution in [0.15, 0.2) is 48.5 Å². The molecule has 2 heterocycles. The second kappa shape index (κ2) is 13.3. The van der Waals surface area contributed by atoms with Crippen molar-refractivity contribution in [2.75, 3.05) is 30.8 Å². The van der Waals surface area contributed by atoms with Crippen LogP contribution >= 0.6 is 22.9 Å². The lowest BCUT2D eigenvalue weighted by atomic mass is 10.0. The van der Waals surface area contributed by atoms with Gasteiger partial charge in [-0.05, 0) is 51.6 Å². The van der Waals surface area contributed by atoms with E-state index in [4.69, 9.17) is 22.7 Å². The summed E-state index contributed by atoms with van der Waals surface area (Å²) in [7, 11) is 1.91. The number of carbonyl (C=O) groups is 3. The Morgan fingerprint density at radius 2 is 1.92 bits per heavy atom. The van der Waals surface area contributed by atoms with Crippen molar-refractivity contribution in [1.29, 1.82) is 5.41 Å². The molecule has 0 spiro atoms. The van der Waals surface area contributed by atoms with Gasteiger partial charge in [0.05, 0.1) is 28.8 Å². The Morgan fingerprint density at radius 1 is 1.21 bits per heavy atom. The Hall–Kier alpha value is -3.60. The molecule has 0 bridgehead atoms. The smallest absolute Gasteiger partial charge is 0.268 e. The summed E-state index contributed by atoms with van der Waals surface area (Å²) < 4.78 is 14.8. The number of nitrogens with zero attached hydrogens (tertiary/aromatic N) is 1. The summed E-state index contributed by atoms with van der Waals surface area (Å²) in [5.41, 5.74) is 6.57. The van der Waals surface area contributed by atoms with Crippen molar-refractivity contribution in [3.8, 4) is 11.1 Å². The van der Waals surface area contributed by atoms with E-state index >= 15 is 0 Å². The van der Waals surface area contributed by atoms with Crippen molar-refractivity contribution in [3.63, 3.8) is 0 Å². The number of nitrogens with one attached hydrogen (secondary N) is 3. The van der Waals surface area contributed by atoms with Gasteiger partial charge >= 0.3 is 0 Å². The second-order valence-electron chi connectivity index (χ2n) is 8.66. The summed E-state index contributed by atoms with van der Waals surface area (Å²) >= 11 is 7.45. The zero-order valence-corrected chi connectivity index (χ0v) is 22.6.